The first-order valence-electron chi connectivity index (χ1n) is 18.9. The number of rotatable bonds is 8. The van der Waals surface area contributed by atoms with Gasteiger partial charge in [-0.3, -0.25) is 9.59 Å². The standard InChI is InChI=1S/C42H48N8O6/c1-25(2)35(47-41(53)55-5)39(51)49-21-9-15-33(49)37-43-23-29(45-37)19-17-27-11-7-14-32-28(12-8-13-31(27)32)18-20-30-24-44-38(46-30)34-16-10-22-50(34)40(52)36(26(3)4)48-42(54)56-6/h7-8,11-14,23-26,33-36H,9-10,15-16,21-22H2,1-6H3,(H,43,45)(H,44,46)(H,47,53)(H,48,54)/t33-,34-,35-,36-/m0/s1. The summed E-state index contributed by atoms with van der Waals surface area (Å²) in [5, 5.41) is 7.25. The summed E-state index contributed by atoms with van der Waals surface area (Å²) in [6.07, 6.45) is 5.21. The van der Waals surface area contributed by atoms with Crippen molar-refractivity contribution < 1.29 is 28.7 Å². The van der Waals surface area contributed by atoms with Crippen molar-refractivity contribution in [2.24, 2.45) is 11.8 Å². The van der Waals surface area contributed by atoms with Gasteiger partial charge in [0.05, 0.1) is 38.7 Å². The van der Waals surface area contributed by atoms with Gasteiger partial charge in [-0.05, 0) is 72.3 Å². The Balaban J connectivity index is 1.17. The first-order chi connectivity index (χ1) is 27.0. The lowest BCUT2D eigenvalue weighted by molar-refractivity contribution is -0.136. The third-order valence-electron chi connectivity index (χ3n) is 10.3. The number of amides is 4. The fraction of sp³-hybridized carbons (Fsp3) is 0.429. The van der Waals surface area contributed by atoms with E-state index in [1.165, 1.54) is 14.2 Å². The molecule has 2 saturated heterocycles. The number of alkyl carbamates (subject to hydrolysis) is 2. The molecular weight excluding hydrogens is 713 g/mol. The highest BCUT2D eigenvalue weighted by atomic mass is 16.5. The molecule has 4 N–H and O–H groups in total. The lowest BCUT2D eigenvalue weighted by Crippen LogP contribution is -2.51. The van der Waals surface area contributed by atoms with Crippen LogP contribution in [-0.4, -0.2) is 93.1 Å². The van der Waals surface area contributed by atoms with E-state index < -0.39 is 24.3 Å². The predicted octanol–water partition coefficient (Wildman–Crippen LogP) is 5.17. The maximum Gasteiger partial charge on any atom is 0.407 e. The average Bonchev–Trinajstić information content (AvgIpc) is 4.03. The number of nitrogens with zero attached hydrogens (tertiary/aromatic N) is 4. The van der Waals surface area contributed by atoms with Gasteiger partial charge in [0.1, 0.15) is 35.1 Å². The Morgan fingerprint density at radius 2 is 1.09 bits per heavy atom. The summed E-state index contributed by atoms with van der Waals surface area (Å²) in [4.78, 5) is 70.3. The minimum atomic E-state index is -0.711. The molecular formula is C42H48N8O6. The van der Waals surface area contributed by atoms with Gasteiger partial charge in [0, 0.05) is 24.2 Å². The van der Waals surface area contributed by atoms with E-state index in [1.54, 1.807) is 22.2 Å². The second-order valence-electron chi connectivity index (χ2n) is 14.7. The molecule has 4 amide bonds. The van der Waals surface area contributed by atoms with Crippen LogP contribution >= 0.6 is 0 Å². The minimum Gasteiger partial charge on any atom is -0.453 e. The molecule has 292 valence electrons. The van der Waals surface area contributed by atoms with Crippen LogP contribution in [0.4, 0.5) is 9.59 Å². The van der Waals surface area contributed by atoms with Crippen LogP contribution in [0.1, 0.15) is 99.6 Å². The minimum absolute atomic E-state index is 0.124. The Bertz CT molecular complexity index is 2060. The molecule has 56 heavy (non-hydrogen) atoms. The molecule has 14 nitrogen and oxygen atoms in total. The van der Waals surface area contributed by atoms with Crippen molar-refractivity contribution in [1.82, 2.24) is 40.4 Å². The fourth-order valence-corrected chi connectivity index (χ4v) is 7.32. The Kier molecular flexibility index (Phi) is 12.3. The highest BCUT2D eigenvalue weighted by molar-refractivity contribution is 5.93. The Labute approximate surface area is 326 Å². The topological polar surface area (TPSA) is 175 Å². The van der Waals surface area contributed by atoms with Crippen molar-refractivity contribution in [3.8, 4) is 23.7 Å². The second-order valence-corrected chi connectivity index (χ2v) is 14.7. The summed E-state index contributed by atoms with van der Waals surface area (Å²) in [7, 11) is 2.56. The van der Waals surface area contributed by atoms with E-state index in [2.05, 4.69) is 54.3 Å². The third-order valence-corrected chi connectivity index (χ3v) is 10.3. The molecule has 0 aliphatic carbocycles. The van der Waals surface area contributed by atoms with Crippen LogP contribution in [0.3, 0.4) is 0 Å². The molecule has 2 aliphatic heterocycles. The molecule has 2 aliphatic rings. The zero-order valence-electron chi connectivity index (χ0n) is 32.6. The highest BCUT2D eigenvalue weighted by Crippen LogP contribution is 2.33. The monoisotopic (exact) mass is 760 g/mol. The van der Waals surface area contributed by atoms with Crippen molar-refractivity contribution in [3.63, 3.8) is 0 Å². The van der Waals surface area contributed by atoms with Crippen LogP contribution in [0.2, 0.25) is 0 Å². The highest BCUT2D eigenvalue weighted by Gasteiger charge is 2.38. The maximum absolute atomic E-state index is 13.5. The largest absolute Gasteiger partial charge is 0.453 e. The number of H-pyrrole nitrogens is 2. The molecule has 0 unspecified atom stereocenters. The predicted molar refractivity (Wildman–Crippen MR) is 209 cm³/mol. The molecule has 2 aromatic heterocycles. The van der Waals surface area contributed by atoms with Gasteiger partial charge in [-0.25, -0.2) is 19.6 Å². The van der Waals surface area contributed by atoms with E-state index in [1.807, 2.05) is 64.1 Å². The molecule has 2 fully saturated rings. The van der Waals surface area contributed by atoms with Crippen LogP contribution in [0.25, 0.3) is 10.8 Å². The molecule has 0 saturated carbocycles. The summed E-state index contributed by atoms with van der Waals surface area (Å²) >= 11 is 0. The fourth-order valence-electron chi connectivity index (χ4n) is 7.32. The molecule has 0 radical (unpaired) electrons. The molecule has 4 heterocycles. The SMILES string of the molecule is COC(=O)N[C@H](C(=O)N1CCC[C@H]1c1ncc(C#Cc2cccc3c(C#Cc4cnc([C@@H]5CCCN5C(=O)[C@@H](NC(=O)OC)C(C)C)[nH]4)cccc23)[nH]1)C(C)C. The molecule has 4 atom stereocenters. The summed E-state index contributed by atoms with van der Waals surface area (Å²) < 4.78 is 9.49. The van der Waals surface area contributed by atoms with Gasteiger partial charge in [-0.15, -0.1) is 0 Å². The first-order valence-corrected chi connectivity index (χ1v) is 18.9. The molecule has 4 aromatic rings. The second kappa shape index (κ2) is 17.5. The zero-order valence-corrected chi connectivity index (χ0v) is 32.6. The number of fused-ring (bicyclic) bond motifs is 1. The number of imidazole rings is 2. The maximum atomic E-state index is 13.5. The van der Waals surface area contributed by atoms with Crippen molar-refractivity contribution in [2.75, 3.05) is 27.3 Å². The summed E-state index contributed by atoms with van der Waals surface area (Å²) in [6, 6.07) is 9.91. The molecule has 6 rings (SSSR count). The van der Waals surface area contributed by atoms with Gasteiger partial charge in [0.15, 0.2) is 0 Å². The number of hydrogen-bond acceptors (Lipinski definition) is 8. The van der Waals surface area contributed by atoms with Gasteiger partial charge in [0.25, 0.3) is 0 Å². The van der Waals surface area contributed by atoms with Crippen molar-refractivity contribution in [2.45, 2.75) is 77.5 Å². The normalized spacial score (nSPS) is 17.5. The number of ether oxygens (including phenoxy) is 2. The van der Waals surface area contributed by atoms with E-state index in [-0.39, 0.29) is 35.7 Å². The van der Waals surface area contributed by atoms with Gasteiger partial charge in [-0.2, -0.15) is 0 Å². The van der Waals surface area contributed by atoms with Crippen LogP contribution < -0.4 is 10.6 Å². The molecule has 0 bridgehead atoms. The zero-order chi connectivity index (χ0) is 39.9. The number of aromatic amines is 2. The van der Waals surface area contributed by atoms with E-state index in [4.69, 9.17) is 9.47 Å². The first kappa shape index (κ1) is 39.4. The van der Waals surface area contributed by atoms with Gasteiger partial charge in [0.2, 0.25) is 11.8 Å². The lowest BCUT2D eigenvalue weighted by Gasteiger charge is -2.29. The lowest BCUT2D eigenvalue weighted by atomic mass is 10.0. The van der Waals surface area contributed by atoms with Crippen LogP contribution in [0, 0.1) is 35.5 Å². The third kappa shape index (κ3) is 8.65. The molecule has 2 aromatic carbocycles. The quantitative estimate of drug-likeness (QED) is 0.178. The van der Waals surface area contributed by atoms with Crippen LogP contribution in [0.15, 0.2) is 48.8 Å². The van der Waals surface area contributed by atoms with Crippen molar-refractivity contribution in [3.05, 3.63) is 83.0 Å². The van der Waals surface area contributed by atoms with Gasteiger partial charge in [-0.1, -0.05) is 63.8 Å². The number of benzene rings is 2. The Morgan fingerprint density at radius 1 is 0.679 bits per heavy atom. The molecule has 0 spiro atoms. The number of likely N-dealkylation sites (tertiary alicyclic amines) is 2. The number of nitrogens with one attached hydrogen (secondary N) is 4. The number of aromatic nitrogens is 4. The van der Waals surface area contributed by atoms with Crippen molar-refractivity contribution in [1.29, 1.82) is 0 Å². The summed E-state index contributed by atoms with van der Waals surface area (Å²) in [5.41, 5.74) is 2.89. The number of methoxy groups -OCH3 is 2. The van der Waals surface area contributed by atoms with E-state index in [9.17, 15) is 19.2 Å². The van der Waals surface area contributed by atoms with E-state index >= 15 is 0 Å². The van der Waals surface area contributed by atoms with Crippen LogP contribution in [0.5, 0.6) is 0 Å². The Morgan fingerprint density at radius 3 is 1.46 bits per heavy atom. The Hall–Kier alpha value is -6.28. The summed E-state index contributed by atoms with van der Waals surface area (Å²) in [5.74, 6) is 13.7. The molecule has 14 heteroatoms. The van der Waals surface area contributed by atoms with Gasteiger partial charge >= 0.3 is 12.2 Å². The van der Waals surface area contributed by atoms with Gasteiger partial charge < -0.3 is 39.9 Å². The average molecular weight is 761 g/mol. The van der Waals surface area contributed by atoms with Crippen LogP contribution in [-0.2, 0) is 19.1 Å². The van der Waals surface area contributed by atoms with E-state index in [0.717, 1.165) is 47.6 Å². The smallest absolute Gasteiger partial charge is 0.407 e. The number of hydrogen-bond donors (Lipinski definition) is 4. The number of carbonyl (C=O) groups is 4. The number of carbonyl (C=O) groups excluding carboxylic acids is 4. The van der Waals surface area contributed by atoms with E-state index in [0.29, 0.717) is 36.1 Å². The van der Waals surface area contributed by atoms with Crippen molar-refractivity contribution >= 4 is 34.8 Å². The summed E-state index contributed by atoms with van der Waals surface area (Å²) in [6.45, 7) is 8.67.